The van der Waals surface area contributed by atoms with Crippen LogP contribution in [0.15, 0.2) is 36.5 Å². The van der Waals surface area contributed by atoms with E-state index in [0.717, 1.165) is 22.9 Å². The smallest absolute Gasteiger partial charge is 0.328 e. The van der Waals surface area contributed by atoms with Crippen LogP contribution in [-0.4, -0.2) is 41.0 Å². The van der Waals surface area contributed by atoms with Gasteiger partial charge in [-0.3, -0.25) is 4.79 Å². The highest BCUT2D eigenvalue weighted by Crippen LogP contribution is 2.24. The molecule has 2 aromatic rings. The molecule has 1 amide bonds. The fraction of sp³-hybridized carbons (Fsp3) is 0.350. The van der Waals surface area contributed by atoms with Crippen molar-refractivity contribution in [2.45, 2.75) is 31.8 Å². The first kappa shape index (κ1) is 17.7. The van der Waals surface area contributed by atoms with Gasteiger partial charge in [-0.1, -0.05) is 18.2 Å². The fourth-order valence-corrected chi connectivity index (χ4v) is 3.43. The average Bonchev–Trinajstić information content (AvgIpc) is 3.29. The Hall–Kier alpha value is -3.07. The van der Waals surface area contributed by atoms with E-state index in [9.17, 15) is 9.59 Å². The van der Waals surface area contributed by atoms with Crippen molar-refractivity contribution in [1.29, 1.82) is 5.26 Å². The summed E-state index contributed by atoms with van der Waals surface area (Å²) < 4.78 is 6.81. The molecule has 1 fully saturated rings. The summed E-state index contributed by atoms with van der Waals surface area (Å²) in [6.07, 6.45) is 7.10. The van der Waals surface area contributed by atoms with Crippen molar-refractivity contribution < 1.29 is 14.3 Å². The first-order chi connectivity index (χ1) is 12.7. The van der Waals surface area contributed by atoms with E-state index >= 15 is 0 Å². The van der Waals surface area contributed by atoms with Gasteiger partial charge < -0.3 is 14.2 Å². The Balaban J connectivity index is 1.83. The number of nitrogens with zero attached hydrogens (tertiary/aromatic N) is 3. The Bertz CT molecular complexity index is 891. The van der Waals surface area contributed by atoms with Gasteiger partial charge in [0.1, 0.15) is 6.04 Å². The maximum atomic E-state index is 12.5. The number of carbonyl (C=O) groups is 2. The first-order valence-electron chi connectivity index (χ1n) is 8.67. The van der Waals surface area contributed by atoms with Crippen molar-refractivity contribution in [3.05, 3.63) is 42.1 Å². The van der Waals surface area contributed by atoms with Gasteiger partial charge in [-0.25, -0.2) is 4.79 Å². The number of fused-ring (bicyclic) bond motifs is 1. The molecule has 1 atom stereocenters. The SMILES string of the molecule is COC(=O)C1CCCN1C(=O)/C=C/c1cn(CCC#N)c2ccccc12. The molecule has 0 aliphatic carbocycles. The lowest BCUT2D eigenvalue weighted by molar-refractivity contribution is -0.149. The minimum Gasteiger partial charge on any atom is -0.467 e. The quantitative estimate of drug-likeness (QED) is 0.613. The highest BCUT2D eigenvalue weighted by Gasteiger charge is 2.33. The number of nitriles is 1. The van der Waals surface area contributed by atoms with Gasteiger partial charge in [-0.15, -0.1) is 0 Å². The van der Waals surface area contributed by atoms with Crippen LogP contribution >= 0.6 is 0 Å². The first-order valence-corrected chi connectivity index (χ1v) is 8.67. The highest BCUT2D eigenvalue weighted by atomic mass is 16.5. The van der Waals surface area contributed by atoms with Gasteiger partial charge in [0.15, 0.2) is 0 Å². The molecule has 0 saturated carbocycles. The molecule has 1 aliphatic heterocycles. The van der Waals surface area contributed by atoms with Crippen LogP contribution in [0.3, 0.4) is 0 Å². The minimum atomic E-state index is -0.492. The predicted molar refractivity (Wildman–Crippen MR) is 98.0 cm³/mol. The molecule has 6 heteroatoms. The molecule has 1 aliphatic rings. The van der Waals surface area contributed by atoms with Crippen molar-refractivity contribution in [3.8, 4) is 6.07 Å². The average molecular weight is 351 g/mol. The number of likely N-dealkylation sites (tertiary alicyclic amines) is 1. The van der Waals surface area contributed by atoms with Gasteiger partial charge in [-0.05, 0) is 25.0 Å². The van der Waals surface area contributed by atoms with Crippen LogP contribution in [-0.2, 0) is 20.9 Å². The summed E-state index contributed by atoms with van der Waals surface area (Å²) in [6.45, 7) is 1.17. The lowest BCUT2D eigenvalue weighted by atomic mass is 10.1. The van der Waals surface area contributed by atoms with Crippen LogP contribution in [0.25, 0.3) is 17.0 Å². The Morgan fingerprint density at radius 3 is 2.96 bits per heavy atom. The molecular formula is C20H21N3O3. The van der Waals surface area contributed by atoms with E-state index in [4.69, 9.17) is 10.00 Å². The summed E-state index contributed by atoms with van der Waals surface area (Å²) in [6, 6.07) is 9.56. The third kappa shape index (κ3) is 3.47. The Kier molecular flexibility index (Phi) is 5.37. The van der Waals surface area contributed by atoms with Gasteiger partial charge in [0.2, 0.25) is 5.91 Å². The number of methoxy groups -OCH3 is 1. The molecule has 0 radical (unpaired) electrons. The summed E-state index contributed by atoms with van der Waals surface area (Å²) in [5.41, 5.74) is 1.95. The van der Waals surface area contributed by atoms with E-state index in [1.54, 1.807) is 11.0 Å². The van der Waals surface area contributed by atoms with Gasteiger partial charge >= 0.3 is 5.97 Å². The largest absolute Gasteiger partial charge is 0.467 e. The van der Waals surface area contributed by atoms with Crippen molar-refractivity contribution in [1.82, 2.24) is 9.47 Å². The van der Waals surface area contributed by atoms with Crippen LogP contribution in [0.5, 0.6) is 0 Å². The molecule has 1 saturated heterocycles. The summed E-state index contributed by atoms with van der Waals surface area (Å²) in [7, 11) is 1.34. The van der Waals surface area contributed by atoms with E-state index in [1.807, 2.05) is 35.0 Å². The molecule has 0 spiro atoms. The topological polar surface area (TPSA) is 75.3 Å². The predicted octanol–water partition coefficient (Wildman–Crippen LogP) is 2.73. The van der Waals surface area contributed by atoms with Gasteiger partial charge in [0, 0.05) is 41.8 Å². The Morgan fingerprint density at radius 2 is 2.19 bits per heavy atom. The van der Waals surface area contributed by atoms with Crippen LogP contribution in [0.2, 0.25) is 0 Å². The maximum absolute atomic E-state index is 12.5. The number of carbonyl (C=O) groups excluding carboxylic acids is 2. The maximum Gasteiger partial charge on any atom is 0.328 e. The molecule has 0 N–H and O–H groups in total. The van der Waals surface area contributed by atoms with Crippen molar-refractivity contribution in [2.24, 2.45) is 0 Å². The van der Waals surface area contributed by atoms with Gasteiger partial charge in [-0.2, -0.15) is 5.26 Å². The molecule has 0 bridgehead atoms. The molecule has 3 rings (SSSR count). The molecule has 1 aromatic heterocycles. The molecule has 2 heterocycles. The molecule has 1 aromatic carbocycles. The van der Waals surface area contributed by atoms with Crippen LogP contribution in [0, 0.1) is 11.3 Å². The van der Waals surface area contributed by atoms with E-state index < -0.39 is 6.04 Å². The Morgan fingerprint density at radius 1 is 1.38 bits per heavy atom. The third-order valence-corrected chi connectivity index (χ3v) is 4.70. The summed E-state index contributed by atoms with van der Waals surface area (Å²) in [4.78, 5) is 25.9. The van der Waals surface area contributed by atoms with Crippen molar-refractivity contribution >= 4 is 28.9 Å². The number of rotatable bonds is 5. The highest BCUT2D eigenvalue weighted by molar-refractivity contribution is 5.98. The zero-order valence-electron chi connectivity index (χ0n) is 14.7. The van der Waals surface area contributed by atoms with Gasteiger partial charge in [0.05, 0.1) is 19.6 Å². The van der Waals surface area contributed by atoms with Gasteiger partial charge in [0.25, 0.3) is 0 Å². The number of amides is 1. The second kappa shape index (κ2) is 7.87. The second-order valence-electron chi connectivity index (χ2n) is 6.25. The second-order valence-corrected chi connectivity index (χ2v) is 6.25. The number of ether oxygens (including phenoxy) is 1. The number of aryl methyl sites for hydroxylation is 1. The normalized spacial score (nSPS) is 16.9. The van der Waals surface area contributed by atoms with Crippen LogP contribution < -0.4 is 0 Å². The zero-order chi connectivity index (χ0) is 18.5. The lowest BCUT2D eigenvalue weighted by Crippen LogP contribution is -2.40. The fourth-order valence-electron chi connectivity index (χ4n) is 3.43. The summed E-state index contributed by atoms with van der Waals surface area (Å²) in [5, 5.41) is 9.86. The monoisotopic (exact) mass is 351 g/mol. The number of aromatic nitrogens is 1. The van der Waals surface area contributed by atoms with E-state index in [1.165, 1.54) is 13.2 Å². The third-order valence-electron chi connectivity index (χ3n) is 4.70. The summed E-state index contributed by atoms with van der Waals surface area (Å²) >= 11 is 0. The minimum absolute atomic E-state index is 0.188. The molecule has 26 heavy (non-hydrogen) atoms. The summed E-state index contributed by atoms with van der Waals surface area (Å²) in [5.74, 6) is -0.552. The van der Waals surface area contributed by atoms with E-state index in [0.29, 0.717) is 25.9 Å². The Labute approximate surface area is 152 Å². The number of para-hydroxylation sites is 1. The number of hydrogen-bond donors (Lipinski definition) is 0. The number of hydrogen-bond acceptors (Lipinski definition) is 4. The standard InChI is InChI=1S/C20H21N3O3/c1-26-20(25)18-8-4-13-23(18)19(24)10-9-15-14-22(12-5-11-21)17-7-3-2-6-16(15)17/h2-3,6-7,9-10,14,18H,4-5,8,12-13H2,1H3/b10-9+. The molecule has 1 unspecified atom stereocenters. The van der Waals surface area contributed by atoms with Crippen molar-refractivity contribution in [2.75, 3.05) is 13.7 Å². The van der Waals surface area contributed by atoms with E-state index in [2.05, 4.69) is 6.07 Å². The molecular weight excluding hydrogens is 330 g/mol. The van der Waals surface area contributed by atoms with E-state index in [-0.39, 0.29) is 11.9 Å². The van der Waals surface area contributed by atoms with Crippen molar-refractivity contribution in [3.63, 3.8) is 0 Å². The number of benzene rings is 1. The molecule has 6 nitrogen and oxygen atoms in total. The lowest BCUT2D eigenvalue weighted by Gasteiger charge is -2.20. The molecule has 134 valence electrons. The number of esters is 1. The zero-order valence-corrected chi connectivity index (χ0v) is 14.7. The van der Waals surface area contributed by atoms with Crippen LogP contribution in [0.4, 0.5) is 0 Å². The van der Waals surface area contributed by atoms with Crippen LogP contribution in [0.1, 0.15) is 24.8 Å².